The Morgan fingerprint density at radius 3 is 3.05 bits per heavy atom. The van der Waals surface area contributed by atoms with E-state index in [2.05, 4.69) is 21.1 Å². The number of nitrogens with one attached hydrogen (secondary N) is 2. The third-order valence-corrected chi connectivity index (χ3v) is 2.55. The van der Waals surface area contributed by atoms with Crippen LogP contribution >= 0.6 is 0 Å². The van der Waals surface area contributed by atoms with Gasteiger partial charge in [-0.3, -0.25) is 19.7 Å². The first-order chi connectivity index (χ1) is 10.0. The second-order valence-electron chi connectivity index (χ2n) is 4.21. The lowest BCUT2D eigenvalue weighted by atomic mass is 10.2. The first kappa shape index (κ1) is 14.3. The summed E-state index contributed by atoms with van der Waals surface area (Å²) in [6.45, 7) is 0. The zero-order chi connectivity index (χ0) is 15.2. The Labute approximate surface area is 118 Å². The summed E-state index contributed by atoms with van der Waals surface area (Å²) < 4.78 is 0. The van der Waals surface area contributed by atoms with Crippen LogP contribution in [0.15, 0.2) is 34.5 Å². The van der Waals surface area contributed by atoms with E-state index in [0.29, 0.717) is 11.3 Å². The van der Waals surface area contributed by atoms with E-state index in [1.54, 1.807) is 6.07 Å². The summed E-state index contributed by atoms with van der Waals surface area (Å²) in [5, 5.41) is 18.0. The number of hydrazone groups is 2. The Kier molecular flexibility index (Phi) is 4.34. The number of hydrogen-bond acceptors (Lipinski definition) is 6. The number of nitro benzene ring substituents is 1. The molecule has 2 rings (SSSR count). The third kappa shape index (κ3) is 4.20. The number of nitro groups is 1. The van der Waals surface area contributed by atoms with Gasteiger partial charge in [-0.2, -0.15) is 10.2 Å². The number of carbonyl (C=O) groups excluding carboxylic acids is 2. The molecule has 0 aliphatic carbocycles. The third-order valence-electron chi connectivity index (χ3n) is 2.55. The van der Waals surface area contributed by atoms with E-state index in [4.69, 9.17) is 0 Å². The van der Waals surface area contributed by atoms with Crippen LogP contribution in [0.2, 0.25) is 0 Å². The molecule has 1 aromatic carbocycles. The van der Waals surface area contributed by atoms with Crippen LogP contribution in [0.1, 0.15) is 18.4 Å². The summed E-state index contributed by atoms with van der Waals surface area (Å²) in [6.07, 6.45) is 1.36. The Bertz CT molecular complexity index is 653. The number of amides is 2. The van der Waals surface area contributed by atoms with Gasteiger partial charge in [0.05, 0.1) is 29.7 Å². The molecule has 0 spiro atoms. The summed E-state index contributed by atoms with van der Waals surface area (Å²) >= 11 is 0. The maximum absolute atomic E-state index is 11.5. The van der Waals surface area contributed by atoms with Crippen LogP contribution in [0.3, 0.4) is 0 Å². The largest absolute Gasteiger partial charge is 0.273 e. The maximum Gasteiger partial charge on any atom is 0.270 e. The lowest BCUT2D eigenvalue weighted by Crippen LogP contribution is -2.20. The highest BCUT2D eigenvalue weighted by atomic mass is 16.6. The molecule has 0 saturated heterocycles. The van der Waals surface area contributed by atoms with Crippen molar-refractivity contribution in [1.29, 1.82) is 0 Å². The Hall–Kier alpha value is -3.10. The van der Waals surface area contributed by atoms with E-state index >= 15 is 0 Å². The molecule has 0 fully saturated rings. The minimum atomic E-state index is -0.516. The van der Waals surface area contributed by atoms with Gasteiger partial charge in [-0.05, 0) is 0 Å². The number of rotatable bonds is 5. The van der Waals surface area contributed by atoms with Crippen molar-refractivity contribution in [3.05, 3.63) is 39.9 Å². The molecule has 0 bridgehead atoms. The predicted octanol–water partition coefficient (Wildman–Crippen LogP) is 0.311. The Balaban J connectivity index is 1.87. The molecule has 9 nitrogen and oxygen atoms in total. The number of non-ortho nitro benzene ring substituents is 1. The monoisotopic (exact) mass is 289 g/mol. The van der Waals surface area contributed by atoms with Crippen molar-refractivity contribution < 1.29 is 14.5 Å². The molecular formula is C12H11N5O4. The highest BCUT2D eigenvalue weighted by Crippen LogP contribution is 2.11. The zero-order valence-corrected chi connectivity index (χ0v) is 10.8. The molecule has 0 atom stereocenters. The predicted molar refractivity (Wildman–Crippen MR) is 73.6 cm³/mol. The number of nitrogens with zero attached hydrogens (tertiary/aromatic N) is 3. The van der Waals surface area contributed by atoms with Gasteiger partial charge in [0.15, 0.2) is 0 Å². The fraction of sp³-hybridized carbons (Fsp3) is 0.167. The van der Waals surface area contributed by atoms with Gasteiger partial charge in [0.2, 0.25) is 11.8 Å². The zero-order valence-electron chi connectivity index (χ0n) is 10.8. The molecule has 1 aromatic rings. The van der Waals surface area contributed by atoms with Crippen molar-refractivity contribution in [2.45, 2.75) is 12.8 Å². The molecular weight excluding hydrogens is 278 g/mol. The van der Waals surface area contributed by atoms with Crippen LogP contribution in [0.5, 0.6) is 0 Å². The molecule has 2 N–H and O–H groups in total. The molecule has 1 aliphatic rings. The van der Waals surface area contributed by atoms with E-state index in [1.165, 1.54) is 24.4 Å². The molecule has 0 radical (unpaired) electrons. The second kappa shape index (κ2) is 6.37. The van der Waals surface area contributed by atoms with Crippen LogP contribution in [-0.2, 0) is 9.59 Å². The normalized spacial score (nSPS) is 13.9. The smallest absolute Gasteiger partial charge is 0.270 e. The van der Waals surface area contributed by atoms with Crippen molar-refractivity contribution in [2.75, 3.05) is 0 Å². The van der Waals surface area contributed by atoms with Gasteiger partial charge in [-0.25, -0.2) is 10.9 Å². The van der Waals surface area contributed by atoms with Gasteiger partial charge in [0, 0.05) is 17.7 Å². The van der Waals surface area contributed by atoms with Crippen molar-refractivity contribution in [1.82, 2.24) is 10.9 Å². The highest BCUT2D eigenvalue weighted by Gasteiger charge is 2.16. The van der Waals surface area contributed by atoms with Crippen LogP contribution in [0, 0.1) is 10.1 Å². The van der Waals surface area contributed by atoms with Crippen molar-refractivity contribution in [3.8, 4) is 0 Å². The Morgan fingerprint density at radius 1 is 1.57 bits per heavy atom. The van der Waals surface area contributed by atoms with Gasteiger partial charge >= 0.3 is 0 Å². The number of hydrogen-bond donors (Lipinski definition) is 2. The highest BCUT2D eigenvalue weighted by molar-refractivity contribution is 6.11. The average molecular weight is 289 g/mol. The second-order valence-corrected chi connectivity index (χ2v) is 4.21. The summed E-state index contributed by atoms with van der Waals surface area (Å²) in [6, 6.07) is 5.83. The molecule has 1 aliphatic heterocycles. The van der Waals surface area contributed by atoms with Crippen molar-refractivity contribution in [2.24, 2.45) is 10.2 Å². The molecule has 0 aromatic heterocycles. The van der Waals surface area contributed by atoms with E-state index in [1.807, 2.05) is 0 Å². The molecule has 0 unspecified atom stereocenters. The number of carbonyl (C=O) groups is 2. The molecule has 108 valence electrons. The van der Waals surface area contributed by atoms with Gasteiger partial charge in [-0.15, -0.1) is 0 Å². The van der Waals surface area contributed by atoms with Crippen LogP contribution in [-0.4, -0.2) is 28.7 Å². The van der Waals surface area contributed by atoms with Crippen LogP contribution in [0.25, 0.3) is 0 Å². The molecule has 0 saturated carbocycles. The fourth-order valence-electron chi connectivity index (χ4n) is 1.63. The first-order valence-electron chi connectivity index (χ1n) is 5.95. The maximum atomic E-state index is 11.5. The standard InChI is InChI=1S/C12H11N5O4/c18-11(5-9-6-12(19)16-14-9)15-13-7-8-2-1-3-10(4-8)17(20)21/h1-4,7H,5-6H2,(H,15,18)(H,16,19). The summed E-state index contributed by atoms with van der Waals surface area (Å²) in [4.78, 5) is 32.5. The average Bonchev–Trinajstić information content (AvgIpc) is 2.84. The minimum Gasteiger partial charge on any atom is -0.273 e. The summed E-state index contributed by atoms with van der Waals surface area (Å²) in [5.41, 5.74) is 5.36. The van der Waals surface area contributed by atoms with Crippen LogP contribution in [0.4, 0.5) is 5.69 Å². The quantitative estimate of drug-likeness (QED) is 0.459. The van der Waals surface area contributed by atoms with E-state index in [9.17, 15) is 19.7 Å². The minimum absolute atomic E-state index is 0.0367. The summed E-state index contributed by atoms with van der Waals surface area (Å²) in [7, 11) is 0. The summed E-state index contributed by atoms with van der Waals surface area (Å²) in [5.74, 6) is -0.676. The van der Waals surface area contributed by atoms with Crippen molar-refractivity contribution in [3.63, 3.8) is 0 Å². The Morgan fingerprint density at radius 2 is 2.38 bits per heavy atom. The fourth-order valence-corrected chi connectivity index (χ4v) is 1.63. The van der Waals surface area contributed by atoms with Gasteiger partial charge < -0.3 is 0 Å². The molecule has 2 amide bonds. The van der Waals surface area contributed by atoms with E-state index in [-0.39, 0.29) is 24.4 Å². The first-order valence-corrected chi connectivity index (χ1v) is 5.95. The molecule has 1 heterocycles. The molecule has 9 heteroatoms. The lowest BCUT2D eigenvalue weighted by Gasteiger charge is -1.98. The SMILES string of the molecule is O=C(CC1=NNC(=O)C1)NN=Cc1cccc([N+](=O)[O-])c1. The van der Waals surface area contributed by atoms with Crippen LogP contribution < -0.4 is 10.9 Å². The van der Waals surface area contributed by atoms with Crippen molar-refractivity contribution >= 4 is 29.4 Å². The lowest BCUT2D eigenvalue weighted by molar-refractivity contribution is -0.384. The topological polar surface area (TPSA) is 126 Å². The molecule has 21 heavy (non-hydrogen) atoms. The van der Waals surface area contributed by atoms with Gasteiger partial charge in [0.25, 0.3) is 5.69 Å². The number of benzene rings is 1. The van der Waals surface area contributed by atoms with E-state index in [0.717, 1.165) is 0 Å². The van der Waals surface area contributed by atoms with E-state index < -0.39 is 10.8 Å². The van der Waals surface area contributed by atoms with Gasteiger partial charge in [0.1, 0.15) is 0 Å². The van der Waals surface area contributed by atoms with Gasteiger partial charge in [-0.1, -0.05) is 12.1 Å².